The average Bonchev–Trinajstić information content (AvgIpc) is 2.48. The summed E-state index contributed by atoms with van der Waals surface area (Å²) in [6.07, 6.45) is 0. The second-order valence-corrected chi connectivity index (χ2v) is 5.57. The van der Waals surface area contributed by atoms with Gasteiger partial charge in [0.15, 0.2) is 0 Å². The molecule has 0 spiro atoms. The van der Waals surface area contributed by atoms with Gasteiger partial charge >= 0.3 is 0 Å². The Balaban J connectivity index is 2.04. The molecular formula is C16H16ClN3O3. The molecule has 2 rings (SSSR count). The van der Waals surface area contributed by atoms with Crippen molar-refractivity contribution in [1.82, 2.24) is 0 Å². The first kappa shape index (κ1) is 16.8. The first-order valence-corrected chi connectivity index (χ1v) is 7.29. The van der Waals surface area contributed by atoms with Crippen molar-refractivity contribution in [2.45, 2.75) is 13.8 Å². The van der Waals surface area contributed by atoms with Gasteiger partial charge in [-0.25, -0.2) is 0 Å². The Hall–Kier alpha value is -2.60. The molecule has 7 heteroatoms. The molecule has 0 bridgehead atoms. The van der Waals surface area contributed by atoms with Gasteiger partial charge in [0.1, 0.15) is 5.69 Å². The van der Waals surface area contributed by atoms with Gasteiger partial charge in [-0.3, -0.25) is 14.9 Å². The van der Waals surface area contributed by atoms with E-state index in [9.17, 15) is 14.9 Å². The van der Waals surface area contributed by atoms with Crippen LogP contribution in [0.25, 0.3) is 0 Å². The minimum absolute atomic E-state index is 0.0478. The number of carbonyl (C=O) groups excluding carboxylic acids is 1. The van der Waals surface area contributed by atoms with E-state index in [1.54, 1.807) is 25.1 Å². The van der Waals surface area contributed by atoms with E-state index in [-0.39, 0.29) is 17.9 Å². The van der Waals surface area contributed by atoms with Crippen LogP contribution >= 0.6 is 11.6 Å². The molecule has 1 amide bonds. The van der Waals surface area contributed by atoms with Gasteiger partial charge in [0.05, 0.1) is 22.2 Å². The van der Waals surface area contributed by atoms with Gasteiger partial charge in [0, 0.05) is 6.07 Å². The highest BCUT2D eigenvalue weighted by Crippen LogP contribution is 2.25. The number of rotatable bonds is 5. The van der Waals surface area contributed by atoms with Gasteiger partial charge in [-0.2, -0.15) is 0 Å². The van der Waals surface area contributed by atoms with Crippen LogP contribution in [0.2, 0.25) is 5.02 Å². The SMILES string of the molecule is Cc1ccc(NCC(=O)Nc2ccc(C)cc2[N+](=O)[O-])c(Cl)c1. The molecule has 0 atom stereocenters. The van der Waals surface area contributed by atoms with Crippen molar-refractivity contribution in [2.24, 2.45) is 0 Å². The molecular weight excluding hydrogens is 318 g/mol. The lowest BCUT2D eigenvalue weighted by Crippen LogP contribution is -2.22. The van der Waals surface area contributed by atoms with Crippen molar-refractivity contribution in [3.63, 3.8) is 0 Å². The minimum atomic E-state index is -0.521. The first-order chi connectivity index (χ1) is 10.9. The zero-order valence-electron chi connectivity index (χ0n) is 12.7. The molecule has 0 saturated heterocycles. The molecule has 0 fully saturated rings. The predicted octanol–water partition coefficient (Wildman–Crippen LogP) is 3.92. The molecule has 2 aromatic rings. The number of carbonyl (C=O) groups is 1. The summed E-state index contributed by atoms with van der Waals surface area (Å²) in [5.74, 6) is -0.395. The summed E-state index contributed by atoms with van der Waals surface area (Å²) >= 11 is 6.07. The fourth-order valence-corrected chi connectivity index (χ4v) is 2.33. The number of hydrogen-bond acceptors (Lipinski definition) is 4. The van der Waals surface area contributed by atoms with Crippen LogP contribution in [0.3, 0.4) is 0 Å². The normalized spacial score (nSPS) is 10.2. The molecule has 0 heterocycles. The van der Waals surface area contributed by atoms with Gasteiger partial charge in [-0.05, 0) is 43.2 Å². The maximum atomic E-state index is 12.0. The highest BCUT2D eigenvalue weighted by molar-refractivity contribution is 6.33. The number of nitrogens with one attached hydrogen (secondary N) is 2. The number of nitrogens with zero attached hydrogens (tertiary/aromatic N) is 1. The van der Waals surface area contributed by atoms with E-state index in [4.69, 9.17) is 11.6 Å². The van der Waals surface area contributed by atoms with Gasteiger partial charge in [0.2, 0.25) is 5.91 Å². The molecule has 120 valence electrons. The van der Waals surface area contributed by atoms with E-state index in [2.05, 4.69) is 10.6 Å². The van der Waals surface area contributed by atoms with Gasteiger partial charge in [0.25, 0.3) is 5.69 Å². The average molecular weight is 334 g/mol. The predicted molar refractivity (Wildman–Crippen MR) is 91.1 cm³/mol. The second kappa shape index (κ2) is 7.11. The Kier molecular flexibility index (Phi) is 5.18. The maximum Gasteiger partial charge on any atom is 0.293 e. The molecule has 0 aliphatic carbocycles. The highest BCUT2D eigenvalue weighted by atomic mass is 35.5. The van der Waals surface area contributed by atoms with Crippen molar-refractivity contribution >= 4 is 34.6 Å². The Morgan fingerprint density at radius 3 is 2.35 bits per heavy atom. The van der Waals surface area contributed by atoms with Gasteiger partial charge in [-0.1, -0.05) is 23.7 Å². The maximum absolute atomic E-state index is 12.0. The molecule has 0 aromatic heterocycles. The molecule has 0 aliphatic heterocycles. The van der Waals surface area contributed by atoms with E-state index < -0.39 is 10.8 Å². The van der Waals surface area contributed by atoms with E-state index in [0.29, 0.717) is 10.7 Å². The smallest absolute Gasteiger partial charge is 0.293 e. The van der Waals surface area contributed by atoms with Crippen molar-refractivity contribution in [3.05, 3.63) is 62.7 Å². The number of hydrogen-bond donors (Lipinski definition) is 2. The van der Waals surface area contributed by atoms with E-state index in [1.807, 2.05) is 13.0 Å². The summed E-state index contributed by atoms with van der Waals surface area (Å²) in [7, 11) is 0. The lowest BCUT2D eigenvalue weighted by molar-refractivity contribution is -0.384. The van der Waals surface area contributed by atoms with E-state index in [0.717, 1.165) is 11.1 Å². The minimum Gasteiger partial charge on any atom is -0.375 e. The van der Waals surface area contributed by atoms with Crippen LogP contribution in [-0.2, 0) is 4.79 Å². The van der Waals surface area contributed by atoms with Crippen molar-refractivity contribution < 1.29 is 9.72 Å². The third-order valence-corrected chi connectivity index (χ3v) is 3.50. The number of aryl methyl sites for hydroxylation is 2. The van der Waals surface area contributed by atoms with Gasteiger partial charge < -0.3 is 10.6 Å². The fourth-order valence-electron chi connectivity index (χ4n) is 2.03. The summed E-state index contributed by atoms with van der Waals surface area (Å²) in [5, 5.41) is 17.0. The molecule has 2 aromatic carbocycles. The topological polar surface area (TPSA) is 84.3 Å². The molecule has 0 aliphatic rings. The monoisotopic (exact) mass is 333 g/mol. The molecule has 0 saturated carbocycles. The first-order valence-electron chi connectivity index (χ1n) is 6.92. The van der Waals surface area contributed by atoms with Gasteiger partial charge in [-0.15, -0.1) is 0 Å². The fraction of sp³-hybridized carbons (Fsp3) is 0.188. The summed E-state index contributed by atoms with van der Waals surface area (Å²) in [5.41, 5.74) is 2.43. The van der Waals surface area contributed by atoms with E-state index in [1.165, 1.54) is 12.1 Å². The number of benzene rings is 2. The third-order valence-electron chi connectivity index (χ3n) is 3.19. The molecule has 0 radical (unpaired) electrons. The standard InChI is InChI=1S/C16H16ClN3O3/c1-10-3-5-13(12(17)7-10)18-9-16(21)19-14-6-4-11(2)8-15(14)20(22)23/h3-8,18H,9H2,1-2H3,(H,19,21). The molecule has 23 heavy (non-hydrogen) atoms. The van der Waals surface area contributed by atoms with Crippen molar-refractivity contribution in [1.29, 1.82) is 0 Å². The quantitative estimate of drug-likeness (QED) is 0.641. The largest absolute Gasteiger partial charge is 0.375 e. The molecule has 2 N–H and O–H groups in total. The Morgan fingerprint density at radius 2 is 1.74 bits per heavy atom. The lowest BCUT2D eigenvalue weighted by Gasteiger charge is -2.10. The Labute approximate surface area is 138 Å². The molecule has 6 nitrogen and oxygen atoms in total. The Morgan fingerprint density at radius 1 is 1.13 bits per heavy atom. The number of amides is 1. The highest BCUT2D eigenvalue weighted by Gasteiger charge is 2.16. The summed E-state index contributed by atoms with van der Waals surface area (Å²) < 4.78 is 0. The second-order valence-electron chi connectivity index (χ2n) is 5.16. The third kappa shape index (κ3) is 4.43. The van der Waals surface area contributed by atoms with Crippen LogP contribution in [0, 0.1) is 24.0 Å². The summed E-state index contributed by atoms with van der Waals surface area (Å²) in [6.45, 7) is 3.62. The lowest BCUT2D eigenvalue weighted by atomic mass is 10.2. The zero-order chi connectivity index (χ0) is 17.0. The Bertz CT molecular complexity index is 762. The summed E-state index contributed by atoms with van der Waals surface area (Å²) in [4.78, 5) is 22.5. The van der Waals surface area contributed by atoms with Crippen LogP contribution < -0.4 is 10.6 Å². The van der Waals surface area contributed by atoms with Crippen LogP contribution in [-0.4, -0.2) is 17.4 Å². The van der Waals surface area contributed by atoms with Crippen LogP contribution in [0.15, 0.2) is 36.4 Å². The zero-order valence-corrected chi connectivity index (χ0v) is 13.5. The number of nitro groups is 1. The van der Waals surface area contributed by atoms with Crippen LogP contribution in [0.1, 0.15) is 11.1 Å². The summed E-state index contributed by atoms with van der Waals surface area (Å²) in [6, 6.07) is 10.1. The number of nitro benzene ring substituents is 1. The van der Waals surface area contributed by atoms with Crippen LogP contribution in [0.5, 0.6) is 0 Å². The van der Waals surface area contributed by atoms with E-state index >= 15 is 0 Å². The number of anilines is 2. The molecule has 0 unspecified atom stereocenters. The number of halogens is 1. The van der Waals surface area contributed by atoms with Crippen LogP contribution in [0.4, 0.5) is 17.1 Å². The van der Waals surface area contributed by atoms with Crippen molar-refractivity contribution in [2.75, 3.05) is 17.2 Å². The van der Waals surface area contributed by atoms with Crippen molar-refractivity contribution in [3.8, 4) is 0 Å².